The van der Waals surface area contributed by atoms with Crippen molar-refractivity contribution in [2.24, 2.45) is 0 Å². The maximum absolute atomic E-state index is 10.6. The van der Waals surface area contributed by atoms with Gasteiger partial charge in [0.15, 0.2) is 0 Å². The van der Waals surface area contributed by atoms with Crippen molar-refractivity contribution in [3.8, 4) is 5.75 Å². The summed E-state index contributed by atoms with van der Waals surface area (Å²) in [6.07, 6.45) is 0.777. The van der Waals surface area contributed by atoms with E-state index in [9.17, 15) is 4.79 Å². The molecule has 0 aromatic heterocycles. The summed E-state index contributed by atoms with van der Waals surface area (Å²) < 4.78 is 16.1. The Morgan fingerprint density at radius 2 is 2.00 bits per heavy atom. The Balaban J connectivity index is 1.98. The number of ether oxygens (including phenoxy) is 3. The van der Waals surface area contributed by atoms with E-state index in [1.165, 1.54) is 0 Å². The molecule has 20 heavy (non-hydrogen) atoms. The van der Waals surface area contributed by atoms with Crippen molar-refractivity contribution in [1.82, 2.24) is 0 Å². The molecule has 1 N–H and O–H groups in total. The van der Waals surface area contributed by atoms with E-state index < -0.39 is 0 Å². The maximum Gasteiger partial charge on any atom is 0.217 e. The van der Waals surface area contributed by atoms with E-state index in [1.54, 1.807) is 22.6 Å². The first-order valence-electron chi connectivity index (χ1n) is 6.47. The Morgan fingerprint density at radius 3 is 2.75 bits per heavy atom. The van der Waals surface area contributed by atoms with Gasteiger partial charge in [-0.25, -0.2) is 0 Å². The van der Waals surface area contributed by atoms with Crippen molar-refractivity contribution in [1.29, 1.82) is 0 Å². The number of rotatable bonds is 11. The molecule has 0 bridgehead atoms. The van der Waals surface area contributed by atoms with E-state index in [4.69, 9.17) is 14.2 Å². The summed E-state index contributed by atoms with van der Waals surface area (Å²) in [5, 5.41) is 3.06. The molecule has 112 valence electrons. The van der Waals surface area contributed by atoms with E-state index in [1.807, 2.05) is 31.3 Å². The number of hydrogen-bond acceptors (Lipinski definition) is 5. The normalized spacial score (nSPS) is 10.3. The average molecular weight is 393 g/mol. The molecular weight excluding hydrogens is 373 g/mol. The van der Waals surface area contributed by atoms with Gasteiger partial charge in [0, 0.05) is 54.6 Å². The summed E-state index contributed by atoms with van der Waals surface area (Å²) in [6.45, 7) is 2.37. The molecule has 5 nitrogen and oxygen atoms in total. The van der Waals surface area contributed by atoms with Crippen LogP contribution in [-0.2, 0) is 14.3 Å². The summed E-state index contributed by atoms with van der Waals surface area (Å²) in [5.41, 5.74) is 1.02. The summed E-state index contributed by atoms with van der Waals surface area (Å²) in [7, 11) is 1.87. The van der Waals surface area contributed by atoms with Crippen molar-refractivity contribution in [3.05, 3.63) is 24.3 Å². The van der Waals surface area contributed by atoms with Crippen LogP contribution in [0.3, 0.4) is 0 Å². The van der Waals surface area contributed by atoms with Crippen LogP contribution in [0.25, 0.3) is 0 Å². The molecule has 0 spiro atoms. The first-order valence-corrected chi connectivity index (χ1v) is 7.54. The van der Waals surface area contributed by atoms with Crippen LogP contribution in [0.15, 0.2) is 24.3 Å². The van der Waals surface area contributed by atoms with Crippen LogP contribution in [0.4, 0.5) is 5.69 Å². The zero-order valence-corrected chi connectivity index (χ0v) is 13.7. The lowest BCUT2D eigenvalue weighted by Crippen LogP contribution is -2.10. The molecule has 1 rings (SSSR count). The SMILES string of the molecule is CNc1cccc(OCCOCCCOCC(=O)I)c1. The number of halogens is 1. The van der Waals surface area contributed by atoms with E-state index in [-0.39, 0.29) is 10.4 Å². The summed E-state index contributed by atoms with van der Waals surface area (Å²) >= 11 is 1.72. The molecule has 0 radical (unpaired) electrons. The lowest BCUT2D eigenvalue weighted by atomic mass is 10.3. The Morgan fingerprint density at radius 1 is 1.20 bits per heavy atom. The van der Waals surface area contributed by atoms with Crippen LogP contribution in [0.2, 0.25) is 0 Å². The molecule has 0 saturated carbocycles. The van der Waals surface area contributed by atoms with Crippen LogP contribution in [0.1, 0.15) is 6.42 Å². The van der Waals surface area contributed by atoms with E-state index in [0.717, 1.165) is 17.9 Å². The van der Waals surface area contributed by atoms with Gasteiger partial charge in [-0.15, -0.1) is 0 Å². The first-order chi connectivity index (χ1) is 9.72. The molecule has 0 heterocycles. The molecule has 1 aromatic rings. The number of hydrogen-bond donors (Lipinski definition) is 1. The highest BCUT2D eigenvalue weighted by molar-refractivity contribution is 14.1. The van der Waals surface area contributed by atoms with Crippen LogP contribution in [0.5, 0.6) is 5.75 Å². The van der Waals surface area contributed by atoms with Gasteiger partial charge in [0.25, 0.3) is 0 Å². The number of benzene rings is 1. The van der Waals surface area contributed by atoms with Gasteiger partial charge in [-0.3, -0.25) is 4.79 Å². The van der Waals surface area contributed by atoms with Crippen LogP contribution < -0.4 is 10.1 Å². The van der Waals surface area contributed by atoms with Crippen molar-refractivity contribution in [2.75, 3.05) is 45.4 Å². The second-order valence-electron chi connectivity index (χ2n) is 4.00. The largest absolute Gasteiger partial charge is 0.491 e. The van der Waals surface area contributed by atoms with Crippen LogP contribution in [-0.4, -0.2) is 43.9 Å². The zero-order valence-electron chi connectivity index (χ0n) is 11.6. The molecule has 6 heteroatoms. The number of carbonyl (C=O) groups excluding carboxylic acids is 1. The Bertz CT molecular complexity index is 401. The monoisotopic (exact) mass is 393 g/mol. The van der Waals surface area contributed by atoms with Gasteiger partial charge in [0.05, 0.1) is 6.61 Å². The average Bonchev–Trinajstić information content (AvgIpc) is 2.45. The second kappa shape index (κ2) is 10.9. The van der Waals surface area contributed by atoms with Crippen molar-refractivity contribution in [2.45, 2.75) is 6.42 Å². The molecule has 0 aliphatic heterocycles. The van der Waals surface area contributed by atoms with E-state index in [0.29, 0.717) is 26.4 Å². The molecule has 0 fully saturated rings. The number of anilines is 1. The van der Waals surface area contributed by atoms with Gasteiger partial charge in [0.2, 0.25) is 3.79 Å². The Hall–Kier alpha value is -0.860. The number of carbonyl (C=O) groups is 1. The summed E-state index contributed by atoms with van der Waals surface area (Å²) in [6, 6.07) is 7.77. The van der Waals surface area contributed by atoms with Gasteiger partial charge in [-0.2, -0.15) is 0 Å². The van der Waals surface area contributed by atoms with E-state index >= 15 is 0 Å². The molecule has 0 saturated heterocycles. The fourth-order valence-corrected chi connectivity index (χ4v) is 1.70. The third kappa shape index (κ3) is 8.34. The molecule has 1 aromatic carbocycles. The lowest BCUT2D eigenvalue weighted by molar-refractivity contribution is -0.113. The second-order valence-corrected chi connectivity index (χ2v) is 5.20. The third-order valence-electron chi connectivity index (χ3n) is 2.41. The molecule has 0 atom stereocenters. The maximum atomic E-state index is 10.6. The standard InChI is InChI=1S/C14H20INO4/c1-16-12-4-2-5-13(10-12)20-9-8-18-6-3-7-19-11-14(15)17/h2,4-5,10,16H,3,6-9,11H2,1H3. The van der Waals surface area contributed by atoms with Gasteiger partial charge >= 0.3 is 0 Å². The van der Waals surface area contributed by atoms with E-state index in [2.05, 4.69) is 5.32 Å². The molecule has 0 aliphatic rings. The zero-order chi connectivity index (χ0) is 14.6. The predicted molar refractivity (Wildman–Crippen MR) is 86.8 cm³/mol. The van der Waals surface area contributed by atoms with Crippen molar-refractivity contribution >= 4 is 32.1 Å². The van der Waals surface area contributed by atoms with Gasteiger partial charge < -0.3 is 19.5 Å². The highest BCUT2D eigenvalue weighted by atomic mass is 127. The van der Waals surface area contributed by atoms with Gasteiger partial charge in [0.1, 0.15) is 19.0 Å². The summed E-state index contributed by atoms with van der Waals surface area (Å²) in [5.74, 6) is 0.823. The fraction of sp³-hybridized carbons (Fsp3) is 0.500. The minimum absolute atomic E-state index is 0.0146. The van der Waals surface area contributed by atoms with Crippen molar-refractivity contribution < 1.29 is 19.0 Å². The molecule has 0 aliphatic carbocycles. The third-order valence-corrected chi connectivity index (χ3v) is 2.72. The molecular formula is C14H20INO4. The number of nitrogens with one attached hydrogen (secondary N) is 1. The van der Waals surface area contributed by atoms with Crippen LogP contribution >= 0.6 is 22.6 Å². The van der Waals surface area contributed by atoms with Gasteiger partial charge in [-0.05, 0) is 18.6 Å². The Kier molecular flexibility index (Phi) is 9.35. The smallest absolute Gasteiger partial charge is 0.217 e. The lowest BCUT2D eigenvalue weighted by Gasteiger charge is -2.08. The summed E-state index contributed by atoms with van der Waals surface area (Å²) in [4.78, 5) is 10.6. The molecule has 0 amide bonds. The first kappa shape index (κ1) is 17.2. The van der Waals surface area contributed by atoms with Crippen LogP contribution in [0, 0.1) is 0 Å². The highest BCUT2D eigenvalue weighted by Crippen LogP contribution is 2.16. The Labute approximate surface area is 133 Å². The van der Waals surface area contributed by atoms with Crippen molar-refractivity contribution in [3.63, 3.8) is 0 Å². The quantitative estimate of drug-likeness (QED) is 0.356. The predicted octanol–water partition coefficient (Wildman–Crippen LogP) is 2.49. The fourth-order valence-electron chi connectivity index (χ4n) is 1.48. The minimum Gasteiger partial charge on any atom is -0.491 e. The highest BCUT2D eigenvalue weighted by Gasteiger charge is 1.97. The topological polar surface area (TPSA) is 56.8 Å². The minimum atomic E-state index is 0.0146. The van der Waals surface area contributed by atoms with Gasteiger partial charge in [-0.1, -0.05) is 6.07 Å². The molecule has 0 unspecified atom stereocenters.